The minimum atomic E-state index is -0.958. The molecule has 2 fully saturated rings. The van der Waals surface area contributed by atoms with Crippen molar-refractivity contribution < 1.29 is 18.7 Å². The van der Waals surface area contributed by atoms with Gasteiger partial charge in [0, 0.05) is 35.5 Å². The highest BCUT2D eigenvalue weighted by Gasteiger charge is 2.34. The van der Waals surface area contributed by atoms with E-state index in [4.69, 9.17) is 9.47 Å². The largest absolute Gasteiger partial charge is 0.489 e. The number of aromatic nitrogens is 2. The molecule has 1 aromatic heterocycles. The normalized spacial score (nSPS) is 25.7. The highest BCUT2D eigenvalue weighted by Crippen LogP contribution is 2.45. The monoisotopic (exact) mass is 442 g/mol. The van der Waals surface area contributed by atoms with Crippen molar-refractivity contribution in [3.8, 4) is 16.9 Å². The van der Waals surface area contributed by atoms with Crippen LogP contribution in [0.5, 0.6) is 5.75 Å². The zero-order valence-corrected chi connectivity index (χ0v) is 18.7. The Morgan fingerprint density at radius 2 is 2.09 bits per heavy atom. The maximum absolute atomic E-state index is 14.5. The van der Waals surface area contributed by atoms with Crippen LogP contribution < -0.4 is 15.0 Å². The van der Waals surface area contributed by atoms with Gasteiger partial charge in [-0.15, -0.1) is 0 Å². The molecule has 3 aliphatic rings. The molecule has 1 aromatic carbocycles. The number of nitrogens with zero attached hydrogens (tertiary/aromatic N) is 3. The molecule has 32 heavy (non-hydrogen) atoms. The van der Waals surface area contributed by atoms with E-state index in [0.29, 0.717) is 13.0 Å². The van der Waals surface area contributed by atoms with Crippen molar-refractivity contribution in [2.24, 2.45) is 0 Å². The van der Waals surface area contributed by atoms with Crippen molar-refractivity contribution >= 4 is 11.8 Å². The van der Waals surface area contributed by atoms with Gasteiger partial charge in [-0.3, -0.25) is 9.58 Å². The minimum Gasteiger partial charge on any atom is -0.489 e. The van der Waals surface area contributed by atoms with Gasteiger partial charge in [-0.1, -0.05) is 0 Å². The molecule has 0 spiro atoms. The smallest absolute Gasteiger partial charge is 0.414 e. The first-order valence-electron chi connectivity index (χ1n) is 11.7. The number of hydrogen-bond acceptors (Lipinski definition) is 5. The Bertz CT molecular complexity index is 990. The molecule has 172 valence electrons. The topological polar surface area (TPSA) is 68.6 Å². The SMILES string of the molecule is COC(=O)N1c2ccc(-c3cnn([C@H]4CCNC[C@@H]4F)c3)c(OC3CCC3)c2CC[C@@H]1C. The van der Waals surface area contributed by atoms with Gasteiger partial charge in [0.2, 0.25) is 0 Å². The van der Waals surface area contributed by atoms with E-state index in [9.17, 15) is 9.18 Å². The number of carbonyl (C=O) groups is 1. The van der Waals surface area contributed by atoms with Crippen LogP contribution in [0.2, 0.25) is 0 Å². The lowest BCUT2D eigenvalue weighted by molar-refractivity contribution is 0.119. The quantitative estimate of drug-likeness (QED) is 0.766. The Kier molecular flexibility index (Phi) is 5.80. The molecule has 1 aliphatic carbocycles. The molecule has 7 nitrogen and oxygen atoms in total. The first kappa shape index (κ1) is 21.2. The van der Waals surface area contributed by atoms with Crippen molar-refractivity contribution in [3.05, 3.63) is 30.1 Å². The number of hydrogen-bond donors (Lipinski definition) is 1. The Labute approximate surface area is 187 Å². The molecule has 1 N–H and O–H groups in total. The second-order valence-electron chi connectivity index (χ2n) is 9.12. The van der Waals surface area contributed by atoms with E-state index >= 15 is 0 Å². The zero-order valence-electron chi connectivity index (χ0n) is 18.7. The first-order chi connectivity index (χ1) is 15.6. The molecule has 3 heterocycles. The van der Waals surface area contributed by atoms with Crippen molar-refractivity contribution in [2.75, 3.05) is 25.1 Å². The number of halogens is 1. The summed E-state index contributed by atoms with van der Waals surface area (Å²) < 4.78 is 27.8. The number of carbonyl (C=O) groups excluding carboxylic acids is 1. The third kappa shape index (κ3) is 3.74. The van der Waals surface area contributed by atoms with Gasteiger partial charge in [-0.2, -0.15) is 5.10 Å². The average Bonchev–Trinajstić information content (AvgIpc) is 3.25. The van der Waals surface area contributed by atoms with E-state index in [1.165, 1.54) is 13.5 Å². The van der Waals surface area contributed by atoms with Crippen molar-refractivity contribution in [1.29, 1.82) is 0 Å². The summed E-state index contributed by atoms with van der Waals surface area (Å²) in [6, 6.07) is 3.78. The highest BCUT2D eigenvalue weighted by molar-refractivity contribution is 5.92. The van der Waals surface area contributed by atoms with E-state index in [1.54, 1.807) is 15.8 Å². The number of ether oxygens (including phenoxy) is 2. The van der Waals surface area contributed by atoms with Crippen LogP contribution in [0.25, 0.3) is 11.1 Å². The lowest BCUT2D eigenvalue weighted by Gasteiger charge is -2.37. The lowest BCUT2D eigenvalue weighted by Crippen LogP contribution is -2.42. The van der Waals surface area contributed by atoms with Gasteiger partial charge in [0.25, 0.3) is 0 Å². The summed E-state index contributed by atoms with van der Waals surface area (Å²) in [7, 11) is 1.41. The molecule has 0 bridgehead atoms. The van der Waals surface area contributed by atoms with Crippen LogP contribution in [0, 0.1) is 0 Å². The van der Waals surface area contributed by atoms with Gasteiger partial charge in [0.05, 0.1) is 31.1 Å². The van der Waals surface area contributed by atoms with Crippen molar-refractivity contribution in [1.82, 2.24) is 15.1 Å². The molecule has 0 unspecified atom stereocenters. The number of benzene rings is 1. The number of alkyl halides is 1. The van der Waals surface area contributed by atoms with E-state index in [-0.39, 0.29) is 24.3 Å². The maximum atomic E-state index is 14.5. The van der Waals surface area contributed by atoms with Crippen molar-refractivity contribution in [3.63, 3.8) is 0 Å². The van der Waals surface area contributed by atoms with Crippen molar-refractivity contribution in [2.45, 2.75) is 69.8 Å². The van der Waals surface area contributed by atoms with Crippen LogP contribution in [0.3, 0.4) is 0 Å². The molecule has 1 amide bonds. The molecule has 5 rings (SSSR count). The molecule has 1 saturated heterocycles. The molecule has 1 saturated carbocycles. The van der Waals surface area contributed by atoms with Gasteiger partial charge in [0.1, 0.15) is 11.9 Å². The van der Waals surface area contributed by atoms with Gasteiger partial charge >= 0.3 is 6.09 Å². The van der Waals surface area contributed by atoms with E-state index in [2.05, 4.69) is 10.4 Å². The summed E-state index contributed by atoms with van der Waals surface area (Å²) in [5.41, 5.74) is 3.75. The summed E-state index contributed by atoms with van der Waals surface area (Å²) in [6.07, 6.45) is 8.25. The summed E-state index contributed by atoms with van der Waals surface area (Å²) in [4.78, 5) is 14.2. The van der Waals surface area contributed by atoms with Gasteiger partial charge < -0.3 is 14.8 Å². The third-order valence-corrected chi connectivity index (χ3v) is 7.08. The fourth-order valence-corrected chi connectivity index (χ4v) is 4.96. The van der Waals surface area contributed by atoms with Crippen LogP contribution in [-0.2, 0) is 11.2 Å². The molecular weight excluding hydrogens is 411 g/mol. The highest BCUT2D eigenvalue weighted by atomic mass is 19.1. The summed E-state index contributed by atoms with van der Waals surface area (Å²) in [5, 5.41) is 7.60. The zero-order chi connectivity index (χ0) is 22.2. The van der Waals surface area contributed by atoms with Gasteiger partial charge in [0.15, 0.2) is 0 Å². The molecule has 3 atom stereocenters. The van der Waals surface area contributed by atoms with Crippen LogP contribution in [0.4, 0.5) is 14.9 Å². The molecule has 2 aromatic rings. The first-order valence-corrected chi connectivity index (χ1v) is 11.7. The van der Waals surface area contributed by atoms with Crippen LogP contribution in [-0.4, -0.2) is 54.4 Å². The second kappa shape index (κ2) is 8.73. The Morgan fingerprint density at radius 3 is 2.81 bits per heavy atom. The number of methoxy groups -OCH3 is 1. The second-order valence-corrected chi connectivity index (χ2v) is 9.12. The van der Waals surface area contributed by atoms with E-state index in [0.717, 1.165) is 60.4 Å². The Morgan fingerprint density at radius 1 is 1.25 bits per heavy atom. The molecule has 8 heteroatoms. The van der Waals surface area contributed by atoms with E-state index in [1.807, 2.05) is 25.3 Å². The average molecular weight is 443 g/mol. The number of anilines is 1. The van der Waals surface area contributed by atoms with Crippen LogP contribution in [0.15, 0.2) is 24.5 Å². The Balaban J connectivity index is 1.55. The summed E-state index contributed by atoms with van der Waals surface area (Å²) >= 11 is 0. The molecular formula is C24H31FN4O3. The number of fused-ring (bicyclic) bond motifs is 1. The fraction of sp³-hybridized carbons (Fsp3) is 0.583. The Hall–Kier alpha value is -2.61. The fourth-order valence-electron chi connectivity index (χ4n) is 4.96. The van der Waals surface area contributed by atoms with Gasteiger partial charge in [-0.05, 0) is 64.1 Å². The predicted octanol–water partition coefficient (Wildman–Crippen LogP) is 4.26. The standard InChI is InChI=1S/C24H31FN4O3/c1-15-6-7-19-21(29(15)24(30)31-2)9-8-18(23(19)32-17-4-3-5-17)16-12-27-28(14-16)22-10-11-26-13-20(22)25/h8-9,12,14-15,17,20,22,26H,3-7,10-11,13H2,1-2H3/t15-,20-,22-/m0/s1. The summed E-state index contributed by atoms with van der Waals surface area (Å²) in [5.74, 6) is 0.828. The molecule has 2 aliphatic heterocycles. The maximum Gasteiger partial charge on any atom is 0.414 e. The minimum absolute atomic E-state index is 0.0569. The number of rotatable bonds is 4. The lowest BCUT2D eigenvalue weighted by atomic mass is 9.91. The number of nitrogens with one attached hydrogen (secondary N) is 1. The van der Waals surface area contributed by atoms with Crippen LogP contribution in [0.1, 0.15) is 50.6 Å². The number of piperidine rings is 1. The van der Waals surface area contributed by atoms with Crippen LogP contribution >= 0.6 is 0 Å². The molecule has 0 radical (unpaired) electrons. The van der Waals surface area contributed by atoms with E-state index < -0.39 is 6.17 Å². The van der Waals surface area contributed by atoms with Gasteiger partial charge in [-0.25, -0.2) is 9.18 Å². The summed E-state index contributed by atoms with van der Waals surface area (Å²) in [6.45, 7) is 3.18. The number of amides is 1. The predicted molar refractivity (Wildman–Crippen MR) is 120 cm³/mol. The third-order valence-electron chi connectivity index (χ3n) is 7.08.